The van der Waals surface area contributed by atoms with Gasteiger partial charge in [-0.05, 0) is 43.5 Å². The molecule has 1 aromatic rings. The van der Waals surface area contributed by atoms with E-state index >= 15 is 0 Å². The Balaban J connectivity index is 1.88. The van der Waals surface area contributed by atoms with Gasteiger partial charge in [-0.25, -0.2) is 8.42 Å². The molecule has 0 bridgehead atoms. The van der Waals surface area contributed by atoms with E-state index in [2.05, 4.69) is 5.32 Å². The monoisotopic (exact) mass is 296 g/mol. The van der Waals surface area contributed by atoms with Gasteiger partial charge in [0.05, 0.1) is 7.11 Å². The Morgan fingerprint density at radius 1 is 1.25 bits per heavy atom. The van der Waals surface area contributed by atoms with Crippen molar-refractivity contribution in [3.05, 3.63) is 24.3 Å². The van der Waals surface area contributed by atoms with Crippen LogP contribution in [0.15, 0.2) is 29.2 Å². The third-order valence-electron chi connectivity index (χ3n) is 4.35. The van der Waals surface area contributed by atoms with Gasteiger partial charge >= 0.3 is 0 Å². The first-order valence-electron chi connectivity index (χ1n) is 6.97. The summed E-state index contributed by atoms with van der Waals surface area (Å²) in [6.07, 6.45) is 0.937. The molecule has 0 amide bonds. The maximum absolute atomic E-state index is 12.8. The lowest BCUT2D eigenvalue weighted by molar-refractivity contribution is 0.227. The summed E-state index contributed by atoms with van der Waals surface area (Å²) in [5.41, 5.74) is 0. The van der Waals surface area contributed by atoms with E-state index in [0.29, 0.717) is 30.7 Å². The van der Waals surface area contributed by atoms with Crippen molar-refractivity contribution in [3.63, 3.8) is 0 Å². The van der Waals surface area contributed by atoms with E-state index in [-0.39, 0.29) is 4.90 Å². The van der Waals surface area contributed by atoms with Gasteiger partial charge in [-0.3, -0.25) is 0 Å². The van der Waals surface area contributed by atoms with E-state index in [1.807, 2.05) is 0 Å². The van der Waals surface area contributed by atoms with Crippen LogP contribution >= 0.6 is 0 Å². The maximum atomic E-state index is 12.8. The fraction of sp³-hybridized carbons (Fsp3) is 0.571. The molecular formula is C14H20N2O3S. The third-order valence-corrected chi connectivity index (χ3v) is 6.26. The van der Waals surface area contributed by atoms with E-state index in [9.17, 15) is 8.42 Å². The molecule has 3 rings (SSSR count). The summed E-state index contributed by atoms with van der Waals surface area (Å²) in [4.78, 5) is 0.270. The fourth-order valence-corrected chi connectivity index (χ4v) is 4.86. The molecular weight excluding hydrogens is 276 g/mol. The Morgan fingerprint density at radius 2 is 2.00 bits per heavy atom. The highest BCUT2D eigenvalue weighted by Gasteiger charge is 2.38. The summed E-state index contributed by atoms with van der Waals surface area (Å²) in [7, 11) is -1.96. The smallest absolute Gasteiger partial charge is 0.246 e. The van der Waals surface area contributed by atoms with Crippen molar-refractivity contribution in [2.45, 2.75) is 11.3 Å². The second-order valence-corrected chi connectivity index (χ2v) is 7.39. The largest absolute Gasteiger partial charge is 0.495 e. The number of nitrogens with one attached hydrogen (secondary N) is 1. The summed E-state index contributed by atoms with van der Waals surface area (Å²) in [6, 6.07) is 6.83. The number of nitrogens with zero attached hydrogens (tertiary/aromatic N) is 1. The second kappa shape index (κ2) is 5.35. The number of rotatable bonds is 3. The predicted molar refractivity (Wildman–Crippen MR) is 76.2 cm³/mol. The molecule has 20 heavy (non-hydrogen) atoms. The lowest BCUT2D eigenvalue weighted by Crippen LogP contribution is -2.43. The minimum Gasteiger partial charge on any atom is -0.495 e. The fourth-order valence-electron chi connectivity index (χ4n) is 3.19. The molecule has 1 N–H and O–H groups in total. The Kier molecular flexibility index (Phi) is 3.70. The van der Waals surface area contributed by atoms with Crippen molar-refractivity contribution in [1.29, 1.82) is 0 Å². The first kappa shape index (κ1) is 13.9. The molecule has 2 unspecified atom stereocenters. The number of hydrogen-bond donors (Lipinski definition) is 1. The van der Waals surface area contributed by atoms with Gasteiger partial charge in [0.1, 0.15) is 10.6 Å². The normalized spacial score (nSPS) is 27.2. The minimum atomic E-state index is -3.46. The predicted octanol–water partition coefficient (Wildman–Crippen LogP) is 0.925. The first-order chi connectivity index (χ1) is 9.63. The molecule has 2 aliphatic heterocycles. The van der Waals surface area contributed by atoms with E-state index in [1.54, 1.807) is 28.6 Å². The van der Waals surface area contributed by atoms with E-state index in [0.717, 1.165) is 19.5 Å². The van der Waals surface area contributed by atoms with E-state index in [1.165, 1.54) is 7.11 Å². The Morgan fingerprint density at radius 3 is 2.80 bits per heavy atom. The van der Waals surface area contributed by atoms with Crippen molar-refractivity contribution in [2.75, 3.05) is 33.3 Å². The van der Waals surface area contributed by atoms with Gasteiger partial charge in [0, 0.05) is 13.1 Å². The number of methoxy groups -OCH3 is 1. The minimum absolute atomic E-state index is 0.270. The van der Waals surface area contributed by atoms with Crippen molar-refractivity contribution in [2.24, 2.45) is 11.8 Å². The van der Waals surface area contributed by atoms with Crippen molar-refractivity contribution in [1.82, 2.24) is 9.62 Å². The van der Waals surface area contributed by atoms with Crippen molar-refractivity contribution < 1.29 is 13.2 Å². The molecule has 0 aromatic heterocycles. The van der Waals surface area contributed by atoms with Crippen LogP contribution in [0.2, 0.25) is 0 Å². The molecule has 2 fully saturated rings. The number of piperidine rings is 1. The highest BCUT2D eigenvalue weighted by Crippen LogP contribution is 2.32. The molecule has 6 heteroatoms. The van der Waals surface area contributed by atoms with Crippen LogP contribution in [-0.2, 0) is 10.0 Å². The zero-order valence-corrected chi connectivity index (χ0v) is 12.4. The summed E-state index contributed by atoms with van der Waals surface area (Å²) >= 11 is 0. The number of fused-ring (bicyclic) bond motifs is 1. The molecule has 0 spiro atoms. The van der Waals surface area contributed by atoms with Crippen LogP contribution in [0, 0.1) is 11.8 Å². The standard InChI is InChI=1S/C14H20N2O3S/c1-19-13-4-2-3-5-14(13)20(17,18)16-7-6-11-8-15-9-12(11)10-16/h2-5,11-12,15H,6-10H2,1H3. The van der Waals surface area contributed by atoms with Crippen LogP contribution in [0.1, 0.15) is 6.42 Å². The molecule has 1 aromatic carbocycles. The molecule has 2 aliphatic rings. The molecule has 2 atom stereocenters. The van der Waals surface area contributed by atoms with Crippen molar-refractivity contribution in [3.8, 4) is 5.75 Å². The number of ether oxygens (including phenoxy) is 1. The second-order valence-electron chi connectivity index (χ2n) is 5.48. The van der Waals surface area contributed by atoms with Crippen LogP contribution in [0.4, 0.5) is 0 Å². The lowest BCUT2D eigenvalue weighted by Gasteiger charge is -2.33. The average molecular weight is 296 g/mol. The van der Waals surface area contributed by atoms with Gasteiger partial charge in [0.2, 0.25) is 10.0 Å². The summed E-state index contributed by atoms with van der Waals surface area (Å²) in [5.74, 6) is 1.48. The van der Waals surface area contributed by atoms with Gasteiger partial charge in [-0.2, -0.15) is 4.31 Å². The molecule has 0 radical (unpaired) electrons. The summed E-state index contributed by atoms with van der Waals surface area (Å²) < 4.78 is 32.4. The molecule has 0 saturated carbocycles. The Bertz CT molecular complexity index is 588. The van der Waals surface area contributed by atoms with Crippen LogP contribution in [0.25, 0.3) is 0 Å². The SMILES string of the molecule is COc1ccccc1S(=O)(=O)N1CCC2CNCC2C1. The van der Waals surface area contributed by atoms with Crippen LogP contribution in [0.5, 0.6) is 5.75 Å². The lowest BCUT2D eigenvalue weighted by atomic mass is 9.90. The molecule has 2 heterocycles. The highest BCUT2D eigenvalue weighted by atomic mass is 32.2. The number of benzene rings is 1. The van der Waals surface area contributed by atoms with E-state index in [4.69, 9.17) is 4.74 Å². The first-order valence-corrected chi connectivity index (χ1v) is 8.41. The Hall–Kier alpha value is -1.11. The highest BCUT2D eigenvalue weighted by molar-refractivity contribution is 7.89. The Labute approximate surface area is 120 Å². The summed E-state index contributed by atoms with van der Waals surface area (Å²) in [6.45, 7) is 3.15. The third kappa shape index (κ3) is 2.32. The zero-order chi connectivity index (χ0) is 14.2. The van der Waals surface area contributed by atoms with Gasteiger partial charge in [0.25, 0.3) is 0 Å². The molecule has 0 aliphatic carbocycles. The number of sulfonamides is 1. The van der Waals surface area contributed by atoms with Crippen LogP contribution in [-0.4, -0.2) is 46.0 Å². The van der Waals surface area contributed by atoms with Gasteiger partial charge in [-0.1, -0.05) is 12.1 Å². The van der Waals surface area contributed by atoms with Gasteiger partial charge in [-0.15, -0.1) is 0 Å². The molecule has 2 saturated heterocycles. The quantitative estimate of drug-likeness (QED) is 0.901. The summed E-state index contributed by atoms with van der Waals surface area (Å²) in [5, 5.41) is 3.35. The molecule has 110 valence electrons. The maximum Gasteiger partial charge on any atom is 0.246 e. The number of hydrogen-bond acceptors (Lipinski definition) is 4. The van der Waals surface area contributed by atoms with Gasteiger partial charge in [0.15, 0.2) is 0 Å². The van der Waals surface area contributed by atoms with Crippen molar-refractivity contribution >= 4 is 10.0 Å². The van der Waals surface area contributed by atoms with Crippen LogP contribution in [0.3, 0.4) is 0 Å². The zero-order valence-electron chi connectivity index (χ0n) is 11.6. The van der Waals surface area contributed by atoms with Gasteiger partial charge < -0.3 is 10.1 Å². The topological polar surface area (TPSA) is 58.6 Å². The van der Waals surface area contributed by atoms with E-state index < -0.39 is 10.0 Å². The average Bonchev–Trinajstić information content (AvgIpc) is 2.94. The molecule has 5 nitrogen and oxygen atoms in total. The number of para-hydroxylation sites is 1. The van der Waals surface area contributed by atoms with Crippen LogP contribution < -0.4 is 10.1 Å².